The lowest BCUT2D eigenvalue weighted by atomic mass is 10.1. The highest BCUT2D eigenvalue weighted by Gasteiger charge is 2.15. The maximum atomic E-state index is 11.8. The van der Waals surface area contributed by atoms with Crippen LogP contribution in [0.1, 0.15) is 0 Å². The standard InChI is InChI=1S/C14H17N3O2/c1-15-11-9-10-3-2-4-12(13(10)19-14(11)18)17-7-5-16-6-8-17/h2-4,9,15-16H,5-8H2,1H3. The molecule has 0 unspecified atom stereocenters. The van der Waals surface area contributed by atoms with Gasteiger partial charge in [-0.3, -0.25) is 0 Å². The molecule has 2 aromatic rings. The Kier molecular flexibility index (Phi) is 3.13. The fourth-order valence-electron chi connectivity index (χ4n) is 2.46. The molecule has 0 spiro atoms. The van der Waals surface area contributed by atoms with Crippen LogP contribution in [0.4, 0.5) is 11.4 Å². The smallest absolute Gasteiger partial charge is 0.359 e. The normalized spacial score (nSPS) is 15.7. The maximum Gasteiger partial charge on any atom is 0.359 e. The molecule has 3 rings (SSSR count). The first kappa shape index (κ1) is 12.0. The largest absolute Gasteiger partial charge is 0.419 e. The highest BCUT2D eigenvalue weighted by atomic mass is 16.4. The number of nitrogens with zero attached hydrogens (tertiary/aromatic N) is 1. The minimum Gasteiger partial charge on any atom is -0.419 e. The van der Waals surface area contributed by atoms with Gasteiger partial charge in [0.1, 0.15) is 5.69 Å². The van der Waals surface area contributed by atoms with Crippen molar-refractivity contribution in [2.24, 2.45) is 0 Å². The molecule has 1 aromatic heterocycles. The highest BCUT2D eigenvalue weighted by molar-refractivity contribution is 5.90. The van der Waals surface area contributed by atoms with E-state index in [9.17, 15) is 4.79 Å². The third kappa shape index (κ3) is 2.17. The molecule has 0 radical (unpaired) electrons. The third-order valence-electron chi connectivity index (χ3n) is 3.47. The Bertz CT molecular complexity index is 645. The van der Waals surface area contributed by atoms with E-state index in [2.05, 4.69) is 15.5 Å². The molecular formula is C14H17N3O2. The van der Waals surface area contributed by atoms with Gasteiger partial charge in [-0.2, -0.15) is 0 Å². The number of hydrogen-bond donors (Lipinski definition) is 2. The van der Waals surface area contributed by atoms with Gasteiger partial charge >= 0.3 is 5.63 Å². The zero-order valence-electron chi connectivity index (χ0n) is 10.9. The van der Waals surface area contributed by atoms with Crippen molar-refractivity contribution in [3.8, 4) is 0 Å². The van der Waals surface area contributed by atoms with Crippen LogP contribution < -0.4 is 21.2 Å². The minimum absolute atomic E-state index is 0.322. The summed E-state index contributed by atoms with van der Waals surface area (Å²) in [6.07, 6.45) is 0. The van der Waals surface area contributed by atoms with Gasteiger partial charge in [-0.15, -0.1) is 0 Å². The molecule has 2 N–H and O–H groups in total. The Hall–Kier alpha value is -2.01. The molecule has 1 fully saturated rings. The molecule has 0 atom stereocenters. The molecule has 1 saturated heterocycles. The molecule has 5 nitrogen and oxygen atoms in total. The average Bonchev–Trinajstić information content (AvgIpc) is 2.47. The molecule has 1 aromatic carbocycles. The number of para-hydroxylation sites is 1. The molecular weight excluding hydrogens is 242 g/mol. The lowest BCUT2D eigenvalue weighted by molar-refractivity contribution is 0.553. The molecule has 2 heterocycles. The van der Waals surface area contributed by atoms with Gasteiger partial charge < -0.3 is 20.0 Å². The zero-order valence-corrected chi connectivity index (χ0v) is 10.9. The quantitative estimate of drug-likeness (QED) is 0.795. The van der Waals surface area contributed by atoms with Crippen LogP contribution in [0.15, 0.2) is 33.5 Å². The number of fused-ring (bicyclic) bond motifs is 1. The Morgan fingerprint density at radius 2 is 2.11 bits per heavy atom. The number of rotatable bonds is 2. The minimum atomic E-state index is -0.322. The molecule has 0 saturated carbocycles. The van der Waals surface area contributed by atoms with Crippen LogP contribution in [0.3, 0.4) is 0 Å². The van der Waals surface area contributed by atoms with Gasteiger partial charge in [0.2, 0.25) is 0 Å². The summed E-state index contributed by atoms with van der Waals surface area (Å²) in [5, 5.41) is 7.12. The van der Waals surface area contributed by atoms with E-state index in [1.807, 2.05) is 24.3 Å². The molecule has 5 heteroatoms. The van der Waals surface area contributed by atoms with Crippen LogP contribution in [-0.4, -0.2) is 33.2 Å². The molecule has 0 amide bonds. The van der Waals surface area contributed by atoms with Crippen molar-refractivity contribution in [3.63, 3.8) is 0 Å². The molecule has 19 heavy (non-hydrogen) atoms. The van der Waals surface area contributed by atoms with Crippen molar-refractivity contribution in [2.45, 2.75) is 0 Å². The number of anilines is 2. The van der Waals surface area contributed by atoms with Gasteiger partial charge in [-0.25, -0.2) is 4.79 Å². The highest BCUT2D eigenvalue weighted by Crippen LogP contribution is 2.27. The predicted octanol–water partition coefficient (Wildman–Crippen LogP) is 1.24. The summed E-state index contributed by atoms with van der Waals surface area (Å²) in [5.74, 6) is 0. The van der Waals surface area contributed by atoms with Gasteiger partial charge in [0, 0.05) is 38.6 Å². The van der Waals surface area contributed by atoms with Gasteiger partial charge in [0.05, 0.1) is 5.69 Å². The van der Waals surface area contributed by atoms with Gasteiger partial charge in [0.15, 0.2) is 5.58 Å². The molecule has 100 valence electrons. The van der Waals surface area contributed by atoms with Crippen molar-refractivity contribution in [2.75, 3.05) is 43.4 Å². The van der Waals surface area contributed by atoms with E-state index in [1.54, 1.807) is 7.05 Å². The first-order valence-electron chi connectivity index (χ1n) is 6.50. The monoisotopic (exact) mass is 259 g/mol. The lowest BCUT2D eigenvalue weighted by Gasteiger charge is -2.29. The van der Waals surface area contributed by atoms with Crippen molar-refractivity contribution in [1.82, 2.24) is 5.32 Å². The van der Waals surface area contributed by atoms with E-state index in [0.717, 1.165) is 37.3 Å². The van der Waals surface area contributed by atoms with Gasteiger partial charge in [-0.1, -0.05) is 12.1 Å². The van der Waals surface area contributed by atoms with E-state index in [0.29, 0.717) is 11.3 Å². The topological polar surface area (TPSA) is 57.5 Å². The van der Waals surface area contributed by atoms with Crippen molar-refractivity contribution >= 4 is 22.3 Å². The molecule has 0 bridgehead atoms. The number of nitrogens with one attached hydrogen (secondary N) is 2. The Balaban J connectivity index is 2.14. The summed E-state index contributed by atoms with van der Waals surface area (Å²) >= 11 is 0. The van der Waals surface area contributed by atoms with Crippen LogP contribution in [0.25, 0.3) is 11.0 Å². The van der Waals surface area contributed by atoms with Crippen molar-refractivity contribution in [1.29, 1.82) is 0 Å². The lowest BCUT2D eigenvalue weighted by Crippen LogP contribution is -2.43. The second kappa shape index (κ2) is 4.93. The fraction of sp³-hybridized carbons (Fsp3) is 0.357. The van der Waals surface area contributed by atoms with E-state index in [1.165, 1.54) is 0 Å². The number of piperazine rings is 1. The Morgan fingerprint density at radius 3 is 2.84 bits per heavy atom. The first-order chi connectivity index (χ1) is 9.29. The van der Waals surface area contributed by atoms with Crippen LogP contribution in [0, 0.1) is 0 Å². The van der Waals surface area contributed by atoms with Crippen molar-refractivity contribution < 1.29 is 4.42 Å². The summed E-state index contributed by atoms with van der Waals surface area (Å²) in [6, 6.07) is 7.81. The Labute approximate surface area is 111 Å². The summed E-state index contributed by atoms with van der Waals surface area (Å²) in [7, 11) is 1.72. The second-order valence-electron chi connectivity index (χ2n) is 4.63. The molecule has 0 aliphatic carbocycles. The number of benzene rings is 1. The van der Waals surface area contributed by atoms with Crippen LogP contribution in [0.5, 0.6) is 0 Å². The van der Waals surface area contributed by atoms with Crippen LogP contribution >= 0.6 is 0 Å². The van der Waals surface area contributed by atoms with Crippen molar-refractivity contribution in [3.05, 3.63) is 34.7 Å². The van der Waals surface area contributed by atoms with E-state index < -0.39 is 0 Å². The van der Waals surface area contributed by atoms with Gasteiger partial charge in [0.25, 0.3) is 0 Å². The molecule has 1 aliphatic rings. The second-order valence-corrected chi connectivity index (χ2v) is 4.63. The van der Waals surface area contributed by atoms with E-state index in [4.69, 9.17) is 4.42 Å². The summed E-state index contributed by atoms with van der Waals surface area (Å²) in [6.45, 7) is 3.76. The first-order valence-corrected chi connectivity index (χ1v) is 6.50. The number of hydrogen-bond acceptors (Lipinski definition) is 5. The SMILES string of the molecule is CNc1cc2cccc(N3CCNCC3)c2oc1=O. The maximum absolute atomic E-state index is 11.8. The third-order valence-corrected chi connectivity index (χ3v) is 3.47. The summed E-state index contributed by atoms with van der Waals surface area (Å²) < 4.78 is 5.49. The van der Waals surface area contributed by atoms with Crippen LogP contribution in [0.2, 0.25) is 0 Å². The van der Waals surface area contributed by atoms with Gasteiger partial charge in [-0.05, 0) is 12.1 Å². The van der Waals surface area contributed by atoms with E-state index in [-0.39, 0.29) is 5.63 Å². The zero-order chi connectivity index (χ0) is 13.2. The molecule has 1 aliphatic heterocycles. The summed E-state index contributed by atoms with van der Waals surface area (Å²) in [4.78, 5) is 14.1. The summed E-state index contributed by atoms with van der Waals surface area (Å²) in [5.41, 5.74) is 1.84. The fourth-order valence-corrected chi connectivity index (χ4v) is 2.46. The van der Waals surface area contributed by atoms with Crippen LogP contribution in [-0.2, 0) is 0 Å². The van der Waals surface area contributed by atoms with E-state index >= 15 is 0 Å². The predicted molar refractivity (Wildman–Crippen MR) is 77.1 cm³/mol. The average molecular weight is 259 g/mol. The Morgan fingerprint density at radius 1 is 1.32 bits per heavy atom.